The third-order valence-electron chi connectivity index (χ3n) is 18.4. The Kier molecular flexibility index (Phi) is 42.5. The van der Waals surface area contributed by atoms with E-state index in [1.165, 1.54) is 20.8 Å². The van der Waals surface area contributed by atoms with Crippen LogP contribution in [0.15, 0.2) is 0 Å². The van der Waals surface area contributed by atoms with E-state index in [1.54, 1.807) is 6.92 Å². The van der Waals surface area contributed by atoms with Crippen LogP contribution in [0.3, 0.4) is 0 Å². The summed E-state index contributed by atoms with van der Waals surface area (Å²) < 4.78 is 123. The second-order valence-corrected chi connectivity index (χ2v) is 29.8. The van der Waals surface area contributed by atoms with E-state index in [9.17, 15) is 98.7 Å². The first kappa shape index (κ1) is 95.0. The number of phosphoric ester groups is 2. The first-order chi connectivity index (χ1) is 52.5. The highest BCUT2D eigenvalue weighted by molar-refractivity contribution is 7.46. The van der Waals surface area contributed by atoms with Gasteiger partial charge in [-0.3, -0.25) is 37.9 Å². The van der Waals surface area contributed by atoms with Gasteiger partial charge >= 0.3 is 0 Å². The number of hydrogen-bond donors (Lipinski definition) is 16. The summed E-state index contributed by atoms with van der Waals surface area (Å²) in [6.45, 7) is 1.12. The number of unbranched alkanes of at least 4 members (excludes halogenated alkanes) is 9. The van der Waals surface area contributed by atoms with E-state index in [-0.39, 0.29) is 65.3 Å². The predicted octanol–water partition coefficient (Wildman–Crippen LogP) is -6.57. The molecule has 0 aromatic heterocycles. The van der Waals surface area contributed by atoms with Crippen LogP contribution >= 0.6 is 15.6 Å². The van der Waals surface area contributed by atoms with Crippen molar-refractivity contribution in [1.82, 2.24) is 31.9 Å². The molecule has 0 aromatic rings. The number of amides is 6. The topological polar surface area (TPSA) is 614 Å². The molecule has 6 fully saturated rings. The molecule has 0 aliphatic carbocycles. The SMILES string of the molecule is CCOC1C[C@H](OCCCCCCNC(=O)CO[C@@H]2O[C@H](CO)[C@H](O)[C@H](O)[C@H]2NC(C)=O)O[C@@H]1COP(=O)([O-])OC1C[C@H](OCCCCCCNC(=O)CO[C@@H]2O[C@H](CO)[C@H](O)[C@H](O)[C@H]2NC(C)=O)O[C@@H]1COP(=O)([O-])OC1C[C@H](OCCCCCCNC(=O)CO[C@@H]2O[C@H](CO)[C@H](O)[C@H](O)[C@H]2NC(C)=O)O[C@@H]1CO. The standard InChI is InChI=1S/C65H116N6O37P2/c1-5-92-39-24-51(93-21-15-9-6-12-18-66-48(79)33-96-63-54(69-36(2)76)60(85)57(82)43(28-73)104-63)102-46(39)31-99-110(90,91)108-41-26-53(95-23-17-11-8-14-20-68-50(81)35-98-65-56(71-38(4)78)62(87)59(84)45(30-75)106-65)103-47(41)32-100-109(88,89)107-40-25-52(101-42(40)27-72)94-22-16-10-7-13-19-67-49(80)34-97-64-55(70-37(3)77)61(86)58(83)44(29-74)105-64/h39-47,51-65,72-75,82-87H,5-35H2,1-4H3,(H,66,79)(H,67,80)(H,68,81)(H,69,76)(H,70,77)(H,71,78)(H,88,89)(H,90,91)/p-2/t39?,40?,41?,42-,43-,44-,45-,46-,47-,51-,52-,53-,54-,55-,56-,57+,58+,59+,60-,61-,62-,63-,64-,65-/m1/s1. The molecule has 5 unspecified atom stereocenters. The van der Waals surface area contributed by atoms with Gasteiger partial charge < -0.3 is 172 Å². The van der Waals surface area contributed by atoms with Crippen LogP contribution in [-0.4, -0.2) is 339 Å². The second-order valence-electron chi connectivity index (χ2n) is 27.1. The number of aliphatic hydroxyl groups is 10. The van der Waals surface area contributed by atoms with Crippen molar-refractivity contribution >= 4 is 51.1 Å². The average Bonchev–Trinajstić information content (AvgIpc) is 1.32. The third kappa shape index (κ3) is 32.3. The van der Waals surface area contributed by atoms with Gasteiger partial charge in [-0.05, 0) is 45.4 Å². The molecule has 0 bridgehead atoms. The van der Waals surface area contributed by atoms with Crippen molar-refractivity contribution in [3.05, 3.63) is 0 Å². The molecule has 6 aliphatic heterocycles. The fourth-order valence-electron chi connectivity index (χ4n) is 12.7. The molecule has 6 amide bonds. The van der Waals surface area contributed by atoms with Gasteiger partial charge in [-0.15, -0.1) is 0 Å². The predicted molar refractivity (Wildman–Crippen MR) is 365 cm³/mol. The first-order valence-corrected chi connectivity index (χ1v) is 40.1. The molecular formula is C65H114N6O37P2-2. The molecule has 638 valence electrons. The molecule has 6 heterocycles. The van der Waals surface area contributed by atoms with Crippen LogP contribution in [0.25, 0.3) is 0 Å². The Hall–Kier alpha value is -3.88. The van der Waals surface area contributed by atoms with Crippen LogP contribution in [0.1, 0.15) is 124 Å². The molecule has 43 nitrogen and oxygen atoms in total. The minimum Gasteiger partial charge on any atom is -0.756 e. The summed E-state index contributed by atoms with van der Waals surface area (Å²) in [4.78, 5) is 100. The minimum absolute atomic E-state index is 0.0734. The molecule has 26 atom stereocenters. The summed E-state index contributed by atoms with van der Waals surface area (Å²) in [6.07, 6.45) is -20.0. The van der Waals surface area contributed by atoms with Crippen LogP contribution in [0.2, 0.25) is 0 Å². The molecule has 110 heavy (non-hydrogen) atoms. The molecule has 45 heteroatoms. The molecule has 0 radical (unpaired) electrons. The van der Waals surface area contributed by atoms with Gasteiger partial charge in [0, 0.05) is 86.1 Å². The van der Waals surface area contributed by atoms with Gasteiger partial charge in [-0.1, -0.05) is 38.5 Å². The zero-order valence-corrected chi connectivity index (χ0v) is 64.0. The van der Waals surface area contributed by atoms with Crippen molar-refractivity contribution in [3.8, 4) is 0 Å². The summed E-state index contributed by atoms with van der Waals surface area (Å²) in [5.74, 6) is -3.27. The van der Waals surface area contributed by atoms with Gasteiger partial charge in [0.05, 0.1) is 58.0 Å². The fraction of sp³-hybridized carbons (Fsp3) is 0.908. The van der Waals surface area contributed by atoms with Crippen LogP contribution in [0.4, 0.5) is 0 Å². The maximum atomic E-state index is 13.7. The molecular weight excluding hydrogens is 1520 g/mol. The smallest absolute Gasteiger partial charge is 0.268 e. The van der Waals surface area contributed by atoms with E-state index in [0.717, 1.165) is 0 Å². The lowest BCUT2D eigenvalue weighted by molar-refractivity contribution is -0.268. The zero-order chi connectivity index (χ0) is 80.5. The van der Waals surface area contributed by atoms with Gasteiger partial charge in [-0.2, -0.15) is 0 Å². The summed E-state index contributed by atoms with van der Waals surface area (Å²) in [5.41, 5.74) is 0. The number of nitrogens with one attached hydrogen (secondary N) is 6. The number of rotatable bonds is 52. The maximum absolute atomic E-state index is 13.7. The van der Waals surface area contributed by atoms with Gasteiger partial charge in [0.25, 0.3) is 15.6 Å². The quantitative estimate of drug-likeness (QED) is 0.0199. The van der Waals surface area contributed by atoms with Gasteiger partial charge in [-0.25, -0.2) is 0 Å². The Morgan fingerprint density at radius 2 is 0.673 bits per heavy atom. The highest BCUT2D eigenvalue weighted by Gasteiger charge is 2.50. The van der Waals surface area contributed by atoms with Gasteiger partial charge in [0.1, 0.15) is 111 Å². The van der Waals surface area contributed by atoms with Crippen LogP contribution in [-0.2, 0) is 118 Å². The number of phosphoric acid groups is 2. The van der Waals surface area contributed by atoms with E-state index in [1.807, 2.05) is 0 Å². The number of carbonyl (C=O) groups excluding carboxylic acids is 6. The van der Waals surface area contributed by atoms with E-state index in [2.05, 4.69) is 31.9 Å². The highest BCUT2D eigenvalue weighted by atomic mass is 31.2. The van der Waals surface area contributed by atoms with Crippen LogP contribution < -0.4 is 41.7 Å². The number of ether oxygens (including phenoxy) is 13. The lowest BCUT2D eigenvalue weighted by atomic mass is 9.97. The van der Waals surface area contributed by atoms with E-state index in [4.69, 9.17) is 79.7 Å². The monoisotopic (exact) mass is 1630 g/mol. The molecule has 6 aliphatic rings. The molecule has 0 spiro atoms. The summed E-state index contributed by atoms with van der Waals surface area (Å²) in [6, 6.07) is -3.66. The molecule has 6 saturated heterocycles. The molecule has 0 saturated carbocycles. The van der Waals surface area contributed by atoms with Crippen LogP contribution in [0, 0.1) is 0 Å². The van der Waals surface area contributed by atoms with Crippen molar-refractivity contribution in [2.75, 3.05) is 106 Å². The first-order valence-electron chi connectivity index (χ1n) is 37.1. The van der Waals surface area contributed by atoms with Crippen molar-refractivity contribution < 1.29 is 178 Å². The summed E-state index contributed by atoms with van der Waals surface area (Å²) in [7, 11) is -10.6. The largest absolute Gasteiger partial charge is 0.756 e. The fourth-order valence-corrected chi connectivity index (χ4v) is 14.6. The normalized spacial score (nSPS) is 33.5. The van der Waals surface area contributed by atoms with Crippen molar-refractivity contribution in [1.29, 1.82) is 0 Å². The highest BCUT2D eigenvalue weighted by Crippen LogP contribution is 2.48. The van der Waals surface area contributed by atoms with Crippen molar-refractivity contribution in [2.45, 2.75) is 271 Å². The molecule has 0 aromatic carbocycles. The Morgan fingerprint density at radius 3 is 0.982 bits per heavy atom. The van der Waals surface area contributed by atoms with E-state index < -0.39 is 258 Å². The second kappa shape index (κ2) is 49.2. The Morgan fingerprint density at radius 1 is 0.382 bits per heavy atom. The Balaban J connectivity index is 0.922. The summed E-state index contributed by atoms with van der Waals surface area (Å²) in [5, 5.41) is 116. The Bertz CT molecular complexity index is 2840. The number of aliphatic hydroxyl groups excluding tert-OH is 10. The molecule has 16 N–H and O–H groups in total. The van der Waals surface area contributed by atoms with Crippen LogP contribution in [0.5, 0.6) is 0 Å². The number of hydrogen-bond acceptors (Lipinski definition) is 37. The lowest BCUT2D eigenvalue weighted by Crippen LogP contribution is -2.64. The Labute approximate surface area is 636 Å². The van der Waals surface area contributed by atoms with Crippen molar-refractivity contribution in [3.63, 3.8) is 0 Å². The van der Waals surface area contributed by atoms with Crippen molar-refractivity contribution in [2.24, 2.45) is 0 Å². The average molecular weight is 1630 g/mol. The lowest BCUT2D eigenvalue weighted by Gasteiger charge is -2.42. The number of carbonyl (C=O) groups is 6. The maximum Gasteiger partial charge on any atom is 0.268 e. The third-order valence-corrected chi connectivity index (χ3v) is 20.3. The van der Waals surface area contributed by atoms with E-state index in [0.29, 0.717) is 77.0 Å². The van der Waals surface area contributed by atoms with Gasteiger partial charge in [0.15, 0.2) is 37.7 Å². The summed E-state index contributed by atoms with van der Waals surface area (Å²) >= 11 is 0. The molecule has 6 rings (SSSR count). The van der Waals surface area contributed by atoms with E-state index >= 15 is 0 Å². The zero-order valence-electron chi connectivity index (χ0n) is 62.2. The van der Waals surface area contributed by atoms with Gasteiger partial charge in [0.2, 0.25) is 35.4 Å². The minimum atomic E-state index is -5.31.